The topological polar surface area (TPSA) is 38.7 Å². The molecule has 0 saturated heterocycles. The molecule has 3 atom stereocenters. The maximum atomic E-state index is 10.4. The van der Waals surface area contributed by atoms with E-state index < -0.39 is 6.10 Å². The number of rotatable bonds is 2. The zero-order valence-electron chi connectivity index (χ0n) is 10.4. The maximum absolute atomic E-state index is 10.4. The monoisotopic (exact) mass is 312 g/mol. The molecular formula is C14H17BrO3. The summed E-state index contributed by atoms with van der Waals surface area (Å²) in [4.78, 5) is 0. The van der Waals surface area contributed by atoms with Crippen LogP contribution in [-0.2, 0) is 0 Å². The maximum Gasteiger partial charge on any atom is 0.162 e. The fraction of sp³-hybridized carbons (Fsp3) is 0.571. The number of hydrogen-bond donors (Lipinski definition) is 1. The molecule has 3 unspecified atom stereocenters. The molecular weight excluding hydrogens is 296 g/mol. The molecule has 1 aromatic carbocycles. The van der Waals surface area contributed by atoms with Crippen molar-refractivity contribution in [1.82, 2.24) is 0 Å². The van der Waals surface area contributed by atoms with Crippen LogP contribution in [0.3, 0.4) is 0 Å². The highest BCUT2D eigenvalue weighted by Crippen LogP contribution is 2.49. The predicted molar refractivity (Wildman–Crippen MR) is 72.0 cm³/mol. The van der Waals surface area contributed by atoms with Gasteiger partial charge in [-0.2, -0.15) is 0 Å². The molecule has 1 aliphatic carbocycles. The molecule has 4 heteroatoms. The van der Waals surface area contributed by atoms with E-state index in [9.17, 15) is 5.11 Å². The van der Waals surface area contributed by atoms with E-state index in [1.165, 1.54) is 0 Å². The van der Waals surface area contributed by atoms with E-state index in [-0.39, 0.29) is 0 Å². The third-order valence-corrected chi connectivity index (χ3v) is 4.45. The van der Waals surface area contributed by atoms with Crippen LogP contribution in [0.4, 0.5) is 0 Å². The second-order valence-electron chi connectivity index (χ2n) is 5.19. The Kier molecular flexibility index (Phi) is 3.24. The Labute approximate surface area is 115 Å². The SMILES string of the molecule is CC1CC1C(O)c1cc2c(cc1Br)OCCCO2. The van der Waals surface area contributed by atoms with E-state index in [0.29, 0.717) is 25.0 Å². The van der Waals surface area contributed by atoms with Gasteiger partial charge in [0.2, 0.25) is 0 Å². The van der Waals surface area contributed by atoms with Crippen LogP contribution in [0.5, 0.6) is 11.5 Å². The smallest absolute Gasteiger partial charge is 0.162 e. The molecule has 1 aliphatic heterocycles. The minimum absolute atomic E-state index is 0.381. The Morgan fingerprint density at radius 2 is 1.89 bits per heavy atom. The second-order valence-corrected chi connectivity index (χ2v) is 6.05. The molecule has 0 amide bonds. The van der Waals surface area contributed by atoms with Gasteiger partial charge in [-0.1, -0.05) is 22.9 Å². The average Bonchev–Trinajstić information content (AvgIpc) is 3.10. The zero-order valence-corrected chi connectivity index (χ0v) is 11.9. The van der Waals surface area contributed by atoms with Gasteiger partial charge in [-0.3, -0.25) is 0 Å². The van der Waals surface area contributed by atoms with Gasteiger partial charge in [0, 0.05) is 10.9 Å². The molecule has 1 fully saturated rings. The summed E-state index contributed by atoms with van der Waals surface area (Å²) in [5.41, 5.74) is 0.911. The van der Waals surface area contributed by atoms with Gasteiger partial charge in [0.25, 0.3) is 0 Å². The number of benzene rings is 1. The van der Waals surface area contributed by atoms with Crippen LogP contribution in [0.1, 0.15) is 31.4 Å². The first kappa shape index (κ1) is 12.3. The van der Waals surface area contributed by atoms with E-state index in [2.05, 4.69) is 22.9 Å². The molecule has 0 bridgehead atoms. The van der Waals surface area contributed by atoms with Crippen LogP contribution in [0.2, 0.25) is 0 Å². The van der Waals surface area contributed by atoms with Gasteiger partial charge in [-0.05, 0) is 36.0 Å². The number of fused-ring (bicyclic) bond motifs is 1. The molecule has 3 rings (SSSR count). The quantitative estimate of drug-likeness (QED) is 0.910. The van der Waals surface area contributed by atoms with Gasteiger partial charge in [0.05, 0.1) is 19.3 Å². The Bertz CT molecular complexity index is 461. The minimum Gasteiger partial charge on any atom is -0.490 e. The van der Waals surface area contributed by atoms with Crippen molar-refractivity contribution in [2.75, 3.05) is 13.2 Å². The molecule has 1 saturated carbocycles. The third-order valence-electron chi connectivity index (χ3n) is 3.76. The van der Waals surface area contributed by atoms with Gasteiger partial charge < -0.3 is 14.6 Å². The van der Waals surface area contributed by atoms with Crippen molar-refractivity contribution in [3.63, 3.8) is 0 Å². The molecule has 3 nitrogen and oxygen atoms in total. The van der Waals surface area contributed by atoms with Crippen molar-refractivity contribution in [3.05, 3.63) is 22.2 Å². The summed E-state index contributed by atoms with van der Waals surface area (Å²) < 4.78 is 12.2. The summed E-state index contributed by atoms with van der Waals surface area (Å²) in [7, 11) is 0. The van der Waals surface area contributed by atoms with E-state index in [1.807, 2.05) is 12.1 Å². The Balaban J connectivity index is 1.92. The van der Waals surface area contributed by atoms with Crippen LogP contribution >= 0.6 is 15.9 Å². The molecule has 18 heavy (non-hydrogen) atoms. The van der Waals surface area contributed by atoms with E-state index in [4.69, 9.17) is 9.47 Å². The number of hydrogen-bond acceptors (Lipinski definition) is 3. The van der Waals surface area contributed by atoms with Gasteiger partial charge in [-0.25, -0.2) is 0 Å². The molecule has 1 aromatic rings. The van der Waals surface area contributed by atoms with Crippen LogP contribution in [0.15, 0.2) is 16.6 Å². The number of aliphatic hydroxyl groups excluding tert-OH is 1. The summed E-state index contributed by atoms with van der Waals surface area (Å²) in [6.07, 6.45) is 1.58. The lowest BCUT2D eigenvalue weighted by Crippen LogP contribution is -2.03. The molecule has 1 N–H and O–H groups in total. The van der Waals surface area contributed by atoms with Crippen LogP contribution < -0.4 is 9.47 Å². The first-order valence-electron chi connectivity index (χ1n) is 6.44. The average molecular weight is 313 g/mol. The second kappa shape index (κ2) is 4.74. The normalized spacial score (nSPS) is 27.5. The first-order chi connectivity index (χ1) is 8.66. The van der Waals surface area contributed by atoms with Gasteiger partial charge in [0.15, 0.2) is 11.5 Å². The van der Waals surface area contributed by atoms with E-state index in [0.717, 1.165) is 34.4 Å². The summed E-state index contributed by atoms with van der Waals surface area (Å²) in [5.74, 6) is 2.51. The fourth-order valence-electron chi connectivity index (χ4n) is 2.45. The minimum atomic E-state index is -0.411. The summed E-state index contributed by atoms with van der Waals surface area (Å²) in [5, 5.41) is 10.4. The van der Waals surface area contributed by atoms with E-state index in [1.54, 1.807) is 0 Å². The standard InChI is InChI=1S/C14H17BrO3/c1-8-5-9(8)14(16)10-6-12-13(7-11(10)15)18-4-2-3-17-12/h6-9,14,16H,2-5H2,1H3. The highest BCUT2D eigenvalue weighted by atomic mass is 79.9. The molecule has 0 aromatic heterocycles. The molecule has 0 spiro atoms. The third kappa shape index (κ3) is 2.24. The number of ether oxygens (including phenoxy) is 2. The Hall–Kier alpha value is -0.740. The molecule has 2 aliphatic rings. The van der Waals surface area contributed by atoms with Crippen molar-refractivity contribution >= 4 is 15.9 Å². The largest absolute Gasteiger partial charge is 0.490 e. The van der Waals surface area contributed by atoms with Gasteiger partial charge in [0.1, 0.15) is 0 Å². The van der Waals surface area contributed by atoms with Crippen LogP contribution in [-0.4, -0.2) is 18.3 Å². The number of aliphatic hydroxyl groups is 1. The lowest BCUT2D eigenvalue weighted by Gasteiger charge is -2.16. The van der Waals surface area contributed by atoms with Crippen molar-refractivity contribution in [3.8, 4) is 11.5 Å². The number of halogens is 1. The van der Waals surface area contributed by atoms with Gasteiger partial charge in [-0.15, -0.1) is 0 Å². The lowest BCUT2D eigenvalue weighted by molar-refractivity contribution is 0.147. The molecule has 0 radical (unpaired) electrons. The van der Waals surface area contributed by atoms with Crippen molar-refractivity contribution < 1.29 is 14.6 Å². The Morgan fingerprint density at radius 3 is 2.50 bits per heavy atom. The zero-order chi connectivity index (χ0) is 12.7. The van der Waals surface area contributed by atoms with E-state index >= 15 is 0 Å². The first-order valence-corrected chi connectivity index (χ1v) is 7.23. The predicted octanol–water partition coefficient (Wildman–Crippen LogP) is 3.30. The lowest BCUT2D eigenvalue weighted by atomic mass is 10.0. The summed E-state index contributed by atoms with van der Waals surface area (Å²) in [6.45, 7) is 3.52. The fourth-order valence-corrected chi connectivity index (χ4v) is 3.00. The van der Waals surface area contributed by atoms with Crippen molar-refractivity contribution in [2.45, 2.75) is 25.9 Å². The molecule has 98 valence electrons. The highest BCUT2D eigenvalue weighted by molar-refractivity contribution is 9.10. The van der Waals surface area contributed by atoms with Crippen molar-refractivity contribution in [2.24, 2.45) is 11.8 Å². The van der Waals surface area contributed by atoms with Crippen LogP contribution in [0, 0.1) is 11.8 Å². The Morgan fingerprint density at radius 1 is 1.28 bits per heavy atom. The van der Waals surface area contributed by atoms with Crippen LogP contribution in [0.25, 0.3) is 0 Å². The summed E-state index contributed by atoms with van der Waals surface area (Å²) >= 11 is 3.52. The van der Waals surface area contributed by atoms with Gasteiger partial charge >= 0.3 is 0 Å². The highest BCUT2D eigenvalue weighted by Gasteiger charge is 2.40. The molecule has 1 heterocycles. The summed E-state index contributed by atoms with van der Waals surface area (Å²) in [6, 6.07) is 3.83. The van der Waals surface area contributed by atoms with Crippen molar-refractivity contribution in [1.29, 1.82) is 0 Å².